The molecule has 0 bridgehead atoms. The van der Waals surface area contributed by atoms with Crippen LogP contribution in [0.3, 0.4) is 0 Å². The Labute approximate surface area is 124 Å². The third-order valence-corrected chi connectivity index (χ3v) is 4.63. The molecular formula is C13H15F3N4S. The van der Waals surface area contributed by atoms with Gasteiger partial charge in [-0.15, -0.1) is 11.3 Å². The number of halogens is 3. The number of thiazole rings is 1. The number of nitrogens with zero attached hydrogens (tertiary/aromatic N) is 4. The van der Waals surface area contributed by atoms with Crippen LogP contribution in [0.5, 0.6) is 0 Å². The molecular weight excluding hydrogens is 301 g/mol. The minimum atomic E-state index is -4.36. The van der Waals surface area contributed by atoms with Crippen molar-refractivity contribution < 1.29 is 13.2 Å². The van der Waals surface area contributed by atoms with E-state index in [4.69, 9.17) is 0 Å². The van der Waals surface area contributed by atoms with Crippen molar-refractivity contribution in [2.24, 2.45) is 7.05 Å². The third-order valence-electron chi connectivity index (χ3n) is 3.76. The van der Waals surface area contributed by atoms with Crippen LogP contribution in [0.4, 0.5) is 19.0 Å². The first-order chi connectivity index (χ1) is 9.95. The van der Waals surface area contributed by atoms with Crippen LogP contribution in [0, 0.1) is 0 Å². The second-order valence-electron chi connectivity index (χ2n) is 5.17. The van der Waals surface area contributed by atoms with Crippen LogP contribution in [0.1, 0.15) is 29.5 Å². The van der Waals surface area contributed by atoms with Crippen molar-refractivity contribution in [2.75, 3.05) is 18.0 Å². The predicted octanol–water partition coefficient (Wildman–Crippen LogP) is 3.28. The first kappa shape index (κ1) is 14.4. The molecule has 0 amide bonds. The molecule has 0 aliphatic carbocycles. The van der Waals surface area contributed by atoms with E-state index in [0.29, 0.717) is 23.7 Å². The van der Waals surface area contributed by atoms with Gasteiger partial charge in [0.15, 0.2) is 5.01 Å². The highest BCUT2D eigenvalue weighted by Crippen LogP contribution is 2.35. The van der Waals surface area contributed by atoms with Gasteiger partial charge in [0.05, 0.1) is 0 Å². The standard InChI is InChI=1S/C13H15F3N4S/c1-19-10(4-5-17-19)9-3-2-6-20(7-9)11-8-21-12(18-11)13(14,15)16/h4-5,8-9H,2-3,6-7H2,1H3. The molecule has 1 aliphatic rings. The van der Waals surface area contributed by atoms with Crippen LogP contribution in [0.15, 0.2) is 17.6 Å². The molecule has 2 aromatic rings. The average molecular weight is 316 g/mol. The Balaban J connectivity index is 1.77. The molecule has 0 spiro atoms. The van der Waals surface area contributed by atoms with Gasteiger partial charge in [-0.25, -0.2) is 4.98 Å². The molecule has 4 nitrogen and oxygen atoms in total. The molecule has 1 saturated heterocycles. The van der Waals surface area contributed by atoms with Gasteiger partial charge in [-0.2, -0.15) is 18.3 Å². The minimum Gasteiger partial charge on any atom is -0.355 e. The fourth-order valence-electron chi connectivity index (χ4n) is 2.75. The van der Waals surface area contributed by atoms with Crippen molar-refractivity contribution in [3.8, 4) is 0 Å². The monoisotopic (exact) mass is 316 g/mol. The molecule has 8 heteroatoms. The molecule has 3 rings (SSSR count). The fraction of sp³-hybridized carbons (Fsp3) is 0.538. The molecule has 0 radical (unpaired) electrons. The van der Waals surface area contributed by atoms with Crippen LogP contribution in [0.25, 0.3) is 0 Å². The fourth-order valence-corrected chi connectivity index (χ4v) is 3.45. The highest BCUT2D eigenvalue weighted by atomic mass is 32.1. The lowest BCUT2D eigenvalue weighted by Crippen LogP contribution is -2.35. The molecule has 0 aromatic carbocycles. The quantitative estimate of drug-likeness (QED) is 0.852. The summed E-state index contributed by atoms with van der Waals surface area (Å²) in [6.07, 6.45) is -0.653. The van der Waals surface area contributed by atoms with Crippen molar-refractivity contribution in [2.45, 2.75) is 24.9 Å². The largest absolute Gasteiger partial charge is 0.443 e. The summed E-state index contributed by atoms with van der Waals surface area (Å²) in [5, 5.41) is 4.88. The van der Waals surface area contributed by atoms with Gasteiger partial charge in [0.1, 0.15) is 5.82 Å². The van der Waals surface area contributed by atoms with Gasteiger partial charge in [-0.05, 0) is 18.9 Å². The van der Waals surface area contributed by atoms with Crippen molar-refractivity contribution in [3.05, 3.63) is 28.3 Å². The minimum absolute atomic E-state index is 0.280. The first-order valence-electron chi connectivity index (χ1n) is 6.70. The lowest BCUT2D eigenvalue weighted by molar-refractivity contribution is -0.137. The van der Waals surface area contributed by atoms with E-state index in [-0.39, 0.29) is 5.92 Å². The van der Waals surface area contributed by atoms with Crippen molar-refractivity contribution in [1.29, 1.82) is 0 Å². The SMILES string of the molecule is Cn1nccc1C1CCCN(c2csc(C(F)(F)F)n2)C1. The van der Waals surface area contributed by atoms with E-state index in [0.717, 1.165) is 25.1 Å². The Morgan fingerprint density at radius 2 is 2.19 bits per heavy atom. The van der Waals surface area contributed by atoms with E-state index in [1.807, 2.05) is 22.7 Å². The summed E-state index contributed by atoms with van der Waals surface area (Å²) in [4.78, 5) is 5.68. The molecule has 1 fully saturated rings. The maximum absolute atomic E-state index is 12.6. The van der Waals surface area contributed by atoms with Crippen LogP contribution >= 0.6 is 11.3 Å². The summed E-state index contributed by atoms with van der Waals surface area (Å²) in [6, 6.07) is 1.97. The normalized spacial score (nSPS) is 20.0. The summed E-state index contributed by atoms with van der Waals surface area (Å²) >= 11 is 0.657. The molecule has 1 unspecified atom stereocenters. The van der Waals surface area contributed by atoms with Gasteiger partial charge >= 0.3 is 6.18 Å². The molecule has 1 atom stereocenters. The van der Waals surface area contributed by atoms with Crippen LogP contribution < -0.4 is 4.90 Å². The zero-order valence-corrected chi connectivity index (χ0v) is 12.3. The average Bonchev–Trinajstić information content (AvgIpc) is 3.06. The number of hydrogen-bond donors (Lipinski definition) is 0. The Morgan fingerprint density at radius 1 is 1.38 bits per heavy atom. The van der Waals surface area contributed by atoms with E-state index < -0.39 is 11.2 Å². The maximum Gasteiger partial charge on any atom is 0.443 e. The number of hydrogen-bond acceptors (Lipinski definition) is 4. The zero-order chi connectivity index (χ0) is 15.0. The van der Waals surface area contributed by atoms with Crippen molar-refractivity contribution in [1.82, 2.24) is 14.8 Å². The van der Waals surface area contributed by atoms with E-state index in [9.17, 15) is 13.2 Å². The summed E-state index contributed by atoms with van der Waals surface area (Å²) in [7, 11) is 1.89. The maximum atomic E-state index is 12.6. The van der Waals surface area contributed by atoms with Gasteiger partial charge in [0.2, 0.25) is 0 Å². The second kappa shape index (κ2) is 5.32. The van der Waals surface area contributed by atoms with Crippen LogP contribution in [-0.4, -0.2) is 27.9 Å². The highest BCUT2D eigenvalue weighted by molar-refractivity contribution is 7.10. The Morgan fingerprint density at radius 3 is 2.81 bits per heavy atom. The predicted molar refractivity (Wildman–Crippen MR) is 74.5 cm³/mol. The molecule has 2 aromatic heterocycles. The van der Waals surface area contributed by atoms with Crippen LogP contribution in [0.2, 0.25) is 0 Å². The molecule has 3 heterocycles. The van der Waals surface area contributed by atoms with Gasteiger partial charge < -0.3 is 4.90 Å². The molecule has 0 saturated carbocycles. The Hall–Kier alpha value is -1.57. The van der Waals surface area contributed by atoms with Crippen molar-refractivity contribution >= 4 is 17.2 Å². The number of piperidine rings is 1. The highest BCUT2D eigenvalue weighted by Gasteiger charge is 2.35. The molecule has 21 heavy (non-hydrogen) atoms. The van der Waals surface area contributed by atoms with Gasteiger partial charge in [-0.3, -0.25) is 4.68 Å². The summed E-state index contributed by atoms with van der Waals surface area (Å²) in [5.41, 5.74) is 1.12. The first-order valence-corrected chi connectivity index (χ1v) is 7.58. The Kier molecular flexibility index (Phi) is 3.64. The number of aromatic nitrogens is 3. The van der Waals surface area contributed by atoms with E-state index in [1.165, 1.54) is 5.38 Å². The number of alkyl halides is 3. The Bertz CT molecular complexity index is 619. The molecule has 114 valence electrons. The lowest BCUT2D eigenvalue weighted by atomic mass is 9.95. The summed E-state index contributed by atoms with van der Waals surface area (Å²) < 4.78 is 39.7. The van der Waals surface area contributed by atoms with Gasteiger partial charge in [0, 0.05) is 43.3 Å². The topological polar surface area (TPSA) is 34.0 Å². The summed E-state index contributed by atoms with van der Waals surface area (Å²) in [5.74, 6) is 0.710. The third kappa shape index (κ3) is 2.90. The molecule has 0 N–H and O–H groups in total. The van der Waals surface area contributed by atoms with Gasteiger partial charge in [0.25, 0.3) is 0 Å². The zero-order valence-electron chi connectivity index (χ0n) is 11.5. The van der Waals surface area contributed by atoms with Gasteiger partial charge in [-0.1, -0.05) is 0 Å². The van der Waals surface area contributed by atoms with Crippen molar-refractivity contribution in [3.63, 3.8) is 0 Å². The van der Waals surface area contributed by atoms with E-state index in [1.54, 1.807) is 6.20 Å². The summed E-state index contributed by atoms with van der Waals surface area (Å²) in [6.45, 7) is 1.43. The van der Waals surface area contributed by atoms with E-state index >= 15 is 0 Å². The smallest absolute Gasteiger partial charge is 0.355 e. The van der Waals surface area contributed by atoms with E-state index in [2.05, 4.69) is 10.1 Å². The molecule has 1 aliphatic heterocycles. The second-order valence-corrected chi connectivity index (χ2v) is 6.03. The number of rotatable bonds is 2. The number of aryl methyl sites for hydroxylation is 1. The van der Waals surface area contributed by atoms with Crippen LogP contribution in [-0.2, 0) is 13.2 Å². The number of anilines is 1. The lowest BCUT2D eigenvalue weighted by Gasteiger charge is -2.32.